The summed E-state index contributed by atoms with van der Waals surface area (Å²) < 4.78 is 0. The molecular weight excluding hydrogens is 300 g/mol. The Balaban J connectivity index is 1.78. The molecule has 1 amide bonds. The Morgan fingerprint density at radius 2 is 2.18 bits per heavy atom. The molecule has 0 saturated carbocycles. The molecule has 7 heteroatoms. The third-order valence-electron chi connectivity index (χ3n) is 3.33. The van der Waals surface area contributed by atoms with Gasteiger partial charge in [-0.15, -0.1) is 11.3 Å². The summed E-state index contributed by atoms with van der Waals surface area (Å²) in [6.45, 7) is 2.42. The molecule has 0 spiro atoms. The van der Waals surface area contributed by atoms with Gasteiger partial charge in [-0.05, 0) is 13.0 Å². The molecule has 0 aliphatic carbocycles. The second kappa shape index (κ2) is 6.07. The minimum Gasteiger partial charge on any atom is -0.350 e. The number of para-hydroxylation sites is 1. The highest BCUT2D eigenvalue weighted by Gasteiger charge is 2.13. The standard InChI is InChI=1S/C15H14N4O2S/c1-9-12(22-8-17-9)6-7-16-14(20)13-10-4-2-3-5-11(10)18-15(21)19-13/h2-5,8H,6-7H2,1H3,(H,16,20)(H,18,19,21). The molecule has 112 valence electrons. The molecule has 0 fully saturated rings. The van der Waals surface area contributed by atoms with Crippen molar-refractivity contribution in [3.05, 3.63) is 56.5 Å². The van der Waals surface area contributed by atoms with Crippen LogP contribution in [-0.4, -0.2) is 27.4 Å². The van der Waals surface area contributed by atoms with Crippen LogP contribution >= 0.6 is 11.3 Å². The second-order valence-corrected chi connectivity index (χ2v) is 5.74. The Kier molecular flexibility index (Phi) is 3.97. The number of nitrogens with zero attached hydrogens (tertiary/aromatic N) is 2. The lowest BCUT2D eigenvalue weighted by Crippen LogP contribution is -2.29. The number of aromatic amines is 1. The number of carbonyl (C=O) groups is 1. The first-order valence-corrected chi connectivity index (χ1v) is 7.69. The smallest absolute Gasteiger partial charge is 0.346 e. The Morgan fingerprint density at radius 3 is 2.95 bits per heavy atom. The minimum absolute atomic E-state index is 0.153. The Hall–Kier alpha value is -2.54. The summed E-state index contributed by atoms with van der Waals surface area (Å²) in [4.78, 5) is 35.6. The summed E-state index contributed by atoms with van der Waals surface area (Å²) in [6, 6.07) is 7.11. The van der Waals surface area contributed by atoms with Gasteiger partial charge in [-0.25, -0.2) is 9.78 Å². The van der Waals surface area contributed by atoms with E-state index < -0.39 is 5.69 Å². The molecule has 0 saturated heterocycles. The first kappa shape index (κ1) is 14.4. The highest BCUT2D eigenvalue weighted by atomic mass is 32.1. The van der Waals surface area contributed by atoms with Gasteiger partial charge in [-0.1, -0.05) is 18.2 Å². The van der Waals surface area contributed by atoms with Crippen molar-refractivity contribution in [2.24, 2.45) is 0 Å². The zero-order valence-electron chi connectivity index (χ0n) is 11.9. The van der Waals surface area contributed by atoms with Gasteiger partial charge in [0.2, 0.25) is 0 Å². The molecule has 2 N–H and O–H groups in total. The summed E-state index contributed by atoms with van der Waals surface area (Å²) in [5.74, 6) is -0.343. The molecule has 1 aromatic carbocycles. The Bertz CT molecular complexity index is 884. The van der Waals surface area contributed by atoms with E-state index in [2.05, 4.69) is 20.3 Å². The van der Waals surface area contributed by atoms with Gasteiger partial charge in [-0.2, -0.15) is 4.98 Å². The predicted molar refractivity (Wildman–Crippen MR) is 85.3 cm³/mol. The maximum Gasteiger partial charge on any atom is 0.346 e. The first-order valence-electron chi connectivity index (χ1n) is 6.81. The maximum absolute atomic E-state index is 12.3. The number of hydrogen-bond acceptors (Lipinski definition) is 5. The van der Waals surface area contributed by atoms with Crippen LogP contribution in [0.4, 0.5) is 0 Å². The highest BCUT2D eigenvalue weighted by molar-refractivity contribution is 7.09. The van der Waals surface area contributed by atoms with Gasteiger partial charge in [0, 0.05) is 23.2 Å². The van der Waals surface area contributed by atoms with Crippen molar-refractivity contribution in [3.8, 4) is 0 Å². The van der Waals surface area contributed by atoms with Crippen molar-refractivity contribution in [2.75, 3.05) is 6.54 Å². The Morgan fingerprint density at radius 1 is 1.36 bits per heavy atom. The number of H-pyrrole nitrogens is 1. The van der Waals surface area contributed by atoms with E-state index in [1.807, 2.05) is 6.92 Å². The molecule has 2 heterocycles. The molecule has 22 heavy (non-hydrogen) atoms. The summed E-state index contributed by atoms with van der Waals surface area (Å²) >= 11 is 1.57. The van der Waals surface area contributed by atoms with Crippen LogP contribution in [0.2, 0.25) is 0 Å². The number of rotatable bonds is 4. The summed E-state index contributed by atoms with van der Waals surface area (Å²) in [5, 5.41) is 3.44. The van der Waals surface area contributed by atoms with Crippen LogP contribution in [-0.2, 0) is 6.42 Å². The van der Waals surface area contributed by atoms with Crippen molar-refractivity contribution < 1.29 is 4.79 Å². The number of amides is 1. The molecule has 0 unspecified atom stereocenters. The molecule has 0 atom stereocenters. The number of benzene rings is 1. The van der Waals surface area contributed by atoms with Crippen LogP contribution in [0.5, 0.6) is 0 Å². The third kappa shape index (κ3) is 2.89. The number of fused-ring (bicyclic) bond motifs is 1. The van der Waals surface area contributed by atoms with E-state index in [1.54, 1.807) is 41.1 Å². The maximum atomic E-state index is 12.3. The Labute approximate surface area is 130 Å². The van der Waals surface area contributed by atoms with E-state index in [9.17, 15) is 9.59 Å². The number of thiazole rings is 1. The number of aryl methyl sites for hydroxylation is 1. The lowest BCUT2D eigenvalue weighted by atomic mass is 10.2. The van der Waals surface area contributed by atoms with Gasteiger partial charge in [0.05, 0.1) is 16.7 Å². The molecule has 0 bridgehead atoms. The molecule has 3 rings (SSSR count). The van der Waals surface area contributed by atoms with Crippen molar-refractivity contribution >= 4 is 28.1 Å². The van der Waals surface area contributed by atoms with E-state index in [0.29, 0.717) is 23.9 Å². The SMILES string of the molecule is Cc1ncsc1CCNC(=O)c1nc(=O)[nH]c2ccccc12. The lowest BCUT2D eigenvalue weighted by molar-refractivity contribution is 0.0950. The van der Waals surface area contributed by atoms with Gasteiger partial charge < -0.3 is 10.3 Å². The van der Waals surface area contributed by atoms with E-state index in [4.69, 9.17) is 0 Å². The van der Waals surface area contributed by atoms with Gasteiger partial charge in [0.15, 0.2) is 0 Å². The summed E-state index contributed by atoms with van der Waals surface area (Å²) in [7, 11) is 0. The lowest BCUT2D eigenvalue weighted by Gasteiger charge is -2.06. The van der Waals surface area contributed by atoms with Gasteiger partial charge >= 0.3 is 5.69 Å². The fourth-order valence-electron chi connectivity index (χ4n) is 2.22. The van der Waals surface area contributed by atoms with E-state index >= 15 is 0 Å². The van der Waals surface area contributed by atoms with E-state index in [-0.39, 0.29) is 11.6 Å². The van der Waals surface area contributed by atoms with Crippen LogP contribution in [0.1, 0.15) is 21.1 Å². The quantitative estimate of drug-likeness (QED) is 0.766. The average molecular weight is 314 g/mol. The number of hydrogen-bond donors (Lipinski definition) is 2. The zero-order chi connectivity index (χ0) is 15.5. The van der Waals surface area contributed by atoms with Crippen LogP contribution in [0, 0.1) is 6.92 Å². The molecule has 0 aliphatic heterocycles. The number of nitrogens with one attached hydrogen (secondary N) is 2. The monoisotopic (exact) mass is 314 g/mol. The summed E-state index contributed by atoms with van der Waals surface area (Å²) in [5.41, 5.74) is 3.01. The minimum atomic E-state index is -0.526. The second-order valence-electron chi connectivity index (χ2n) is 4.80. The van der Waals surface area contributed by atoms with Crippen molar-refractivity contribution in [3.63, 3.8) is 0 Å². The highest BCUT2D eigenvalue weighted by Crippen LogP contribution is 2.14. The molecule has 0 aliphatic rings. The van der Waals surface area contributed by atoms with Gasteiger partial charge in [-0.3, -0.25) is 4.79 Å². The largest absolute Gasteiger partial charge is 0.350 e. The van der Waals surface area contributed by atoms with Gasteiger partial charge in [0.25, 0.3) is 5.91 Å². The zero-order valence-corrected chi connectivity index (χ0v) is 12.7. The topological polar surface area (TPSA) is 87.7 Å². The van der Waals surface area contributed by atoms with Crippen molar-refractivity contribution in [2.45, 2.75) is 13.3 Å². The first-order chi connectivity index (χ1) is 10.6. The van der Waals surface area contributed by atoms with Crippen LogP contribution < -0.4 is 11.0 Å². The van der Waals surface area contributed by atoms with Crippen LogP contribution in [0.15, 0.2) is 34.6 Å². The van der Waals surface area contributed by atoms with Crippen LogP contribution in [0.25, 0.3) is 10.9 Å². The number of carbonyl (C=O) groups excluding carboxylic acids is 1. The third-order valence-corrected chi connectivity index (χ3v) is 4.33. The molecule has 3 aromatic rings. The normalized spacial score (nSPS) is 10.8. The molecule has 2 aromatic heterocycles. The van der Waals surface area contributed by atoms with E-state index in [0.717, 1.165) is 10.6 Å². The van der Waals surface area contributed by atoms with Crippen LogP contribution in [0.3, 0.4) is 0 Å². The molecular formula is C15H14N4O2S. The van der Waals surface area contributed by atoms with Crippen molar-refractivity contribution in [1.29, 1.82) is 0 Å². The fraction of sp³-hybridized carbons (Fsp3) is 0.200. The molecule has 6 nitrogen and oxygen atoms in total. The average Bonchev–Trinajstić information content (AvgIpc) is 2.91. The van der Waals surface area contributed by atoms with E-state index in [1.165, 1.54) is 0 Å². The predicted octanol–water partition coefficient (Wildman–Crippen LogP) is 1.66. The van der Waals surface area contributed by atoms with Gasteiger partial charge in [0.1, 0.15) is 5.69 Å². The van der Waals surface area contributed by atoms with Crippen molar-refractivity contribution in [1.82, 2.24) is 20.3 Å². The molecule has 0 radical (unpaired) electrons. The number of aromatic nitrogens is 3. The summed E-state index contributed by atoms with van der Waals surface area (Å²) in [6.07, 6.45) is 0.712. The fourth-order valence-corrected chi connectivity index (χ4v) is 3.00.